The summed E-state index contributed by atoms with van der Waals surface area (Å²) in [6.45, 7) is 10.7. The highest BCUT2D eigenvalue weighted by atomic mass is 15.1. The molecule has 0 aliphatic carbocycles. The zero-order chi connectivity index (χ0) is 15.4. The highest BCUT2D eigenvalue weighted by Gasteiger charge is 2.27. The summed E-state index contributed by atoms with van der Waals surface area (Å²) >= 11 is 0. The van der Waals surface area contributed by atoms with Crippen molar-refractivity contribution in [3.63, 3.8) is 0 Å². The lowest BCUT2D eigenvalue weighted by Crippen LogP contribution is -2.63. The summed E-state index contributed by atoms with van der Waals surface area (Å²) in [6.07, 6.45) is 7.97. The van der Waals surface area contributed by atoms with Crippen molar-refractivity contribution >= 4 is 0 Å². The van der Waals surface area contributed by atoms with Crippen LogP contribution in [0.1, 0.15) is 72.6 Å². The van der Waals surface area contributed by atoms with Gasteiger partial charge in [-0.25, -0.2) is 0 Å². The monoisotopic (exact) mass is 286 g/mol. The van der Waals surface area contributed by atoms with E-state index >= 15 is 0 Å². The van der Waals surface area contributed by atoms with Crippen LogP contribution in [0, 0.1) is 0 Å². The lowest BCUT2D eigenvalue weighted by Gasteiger charge is -2.34. The van der Waals surface area contributed by atoms with Gasteiger partial charge in [0.15, 0.2) is 0 Å². The molecule has 0 aliphatic rings. The topological polar surface area (TPSA) is 76.1 Å². The van der Waals surface area contributed by atoms with Crippen molar-refractivity contribution in [2.24, 2.45) is 11.5 Å². The summed E-state index contributed by atoms with van der Waals surface area (Å²) in [6, 6.07) is 0.892. The first kappa shape index (κ1) is 19.8. The summed E-state index contributed by atoms with van der Waals surface area (Å²) in [5.41, 5.74) is 12.0. The van der Waals surface area contributed by atoms with Gasteiger partial charge in [0.1, 0.15) is 0 Å². The minimum atomic E-state index is -0.573. The van der Waals surface area contributed by atoms with E-state index in [1.165, 1.54) is 25.7 Å². The minimum absolute atomic E-state index is 0.220. The molecule has 2 atom stereocenters. The lowest BCUT2D eigenvalue weighted by atomic mass is 9.92. The molecule has 4 heteroatoms. The third-order valence-corrected chi connectivity index (χ3v) is 4.16. The van der Waals surface area contributed by atoms with Gasteiger partial charge in [0.2, 0.25) is 0 Å². The molecule has 0 rings (SSSR count). The molecular formula is C16H38N4. The van der Waals surface area contributed by atoms with Crippen LogP contribution in [0.5, 0.6) is 0 Å². The first-order valence-electron chi connectivity index (χ1n) is 8.56. The largest absolute Gasteiger partial charge is 0.314 e. The van der Waals surface area contributed by atoms with Gasteiger partial charge in [0.25, 0.3) is 0 Å². The number of likely N-dealkylation sites (N-methyl/N-ethyl adjacent to an activating group) is 1. The maximum atomic E-state index is 6.28. The fraction of sp³-hybridized carbons (Fsp3) is 1.00. The molecular weight excluding hydrogens is 248 g/mol. The van der Waals surface area contributed by atoms with E-state index in [0.29, 0.717) is 6.04 Å². The number of nitrogens with two attached hydrogens (primary N) is 2. The number of hydrogen-bond acceptors (Lipinski definition) is 4. The van der Waals surface area contributed by atoms with Gasteiger partial charge < -0.3 is 22.1 Å². The van der Waals surface area contributed by atoms with Crippen molar-refractivity contribution in [2.75, 3.05) is 13.1 Å². The Balaban J connectivity index is 3.86. The third-order valence-electron chi connectivity index (χ3n) is 4.16. The fourth-order valence-electron chi connectivity index (χ4n) is 2.87. The van der Waals surface area contributed by atoms with Crippen molar-refractivity contribution < 1.29 is 0 Å². The fourth-order valence-corrected chi connectivity index (χ4v) is 2.87. The van der Waals surface area contributed by atoms with Gasteiger partial charge >= 0.3 is 0 Å². The zero-order valence-electron chi connectivity index (χ0n) is 14.2. The molecule has 2 unspecified atom stereocenters. The molecule has 0 aliphatic heterocycles. The number of unbranched alkanes of at least 4 members (excludes halogenated alkanes) is 2. The van der Waals surface area contributed by atoms with Gasteiger partial charge in [-0.05, 0) is 38.8 Å². The van der Waals surface area contributed by atoms with Crippen LogP contribution >= 0.6 is 0 Å². The maximum absolute atomic E-state index is 6.28. The molecule has 4 nitrogen and oxygen atoms in total. The minimum Gasteiger partial charge on any atom is -0.314 e. The molecule has 122 valence electrons. The van der Waals surface area contributed by atoms with Gasteiger partial charge in [-0.2, -0.15) is 0 Å². The predicted molar refractivity (Wildman–Crippen MR) is 89.7 cm³/mol. The first-order valence-corrected chi connectivity index (χ1v) is 8.56. The second kappa shape index (κ2) is 11.5. The average molecular weight is 287 g/mol. The smallest absolute Gasteiger partial charge is 0.0794 e. The molecule has 0 aromatic rings. The highest BCUT2D eigenvalue weighted by molar-refractivity contribution is 4.89. The van der Waals surface area contributed by atoms with E-state index in [2.05, 4.69) is 38.3 Å². The molecule has 0 bridgehead atoms. The van der Waals surface area contributed by atoms with Crippen molar-refractivity contribution in [1.82, 2.24) is 10.6 Å². The van der Waals surface area contributed by atoms with Crippen LogP contribution in [0.2, 0.25) is 0 Å². The van der Waals surface area contributed by atoms with E-state index < -0.39 is 5.66 Å². The average Bonchev–Trinajstić information content (AvgIpc) is 2.42. The Hall–Kier alpha value is -0.160. The second-order valence-electron chi connectivity index (χ2n) is 5.89. The Bertz CT molecular complexity index is 219. The van der Waals surface area contributed by atoms with E-state index in [1.807, 2.05) is 0 Å². The van der Waals surface area contributed by atoms with Crippen LogP contribution in [0.4, 0.5) is 0 Å². The van der Waals surface area contributed by atoms with Crippen molar-refractivity contribution in [2.45, 2.75) is 90.4 Å². The van der Waals surface area contributed by atoms with Crippen LogP contribution in [0.25, 0.3) is 0 Å². The Kier molecular flexibility index (Phi) is 11.4. The van der Waals surface area contributed by atoms with Gasteiger partial charge in [-0.3, -0.25) is 0 Å². The molecule has 0 heterocycles. The number of nitrogens with one attached hydrogen (secondary N) is 2. The molecule has 0 aromatic heterocycles. The Morgan fingerprint density at radius 3 is 2.00 bits per heavy atom. The molecule has 0 aromatic carbocycles. The highest BCUT2D eigenvalue weighted by Crippen LogP contribution is 2.15. The summed E-state index contributed by atoms with van der Waals surface area (Å²) in [5, 5.41) is 6.92. The summed E-state index contributed by atoms with van der Waals surface area (Å²) in [4.78, 5) is 0. The van der Waals surface area contributed by atoms with Crippen LogP contribution in [0.3, 0.4) is 0 Å². The van der Waals surface area contributed by atoms with Gasteiger partial charge in [-0.1, -0.05) is 47.0 Å². The standard InChI is InChI=1S/C16H38N4/c1-5-14(19-7-3)12-10-9-11-13-16(17,18)15(6-2)20-8-4/h14-15,19-20H,5-13,17-18H2,1-4H3. The second-order valence-corrected chi connectivity index (χ2v) is 5.89. The SMILES string of the molecule is CCNC(CC)CCCCCC(N)(N)C(CC)NCC. The van der Waals surface area contributed by atoms with Crippen molar-refractivity contribution in [1.29, 1.82) is 0 Å². The van der Waals surface area contributed by atoms with Gasteiger partial charge in [0, 0.05) is 12.1 Å². The molecule has 0 spiro atoms. The first-order chi connectivity index (χ1) is 9.51. The molecule has 0 saturated heterocycles. The van der Waals surface area contributed by atoms with E-state index in [9.17, 15) is 0 Å². The molecule has 0 amide bonds. The van der Waals surface area contributed by atoms with E-state index in [0.717, 1.165) is 32.4 Å². The molecule has 0 saturated carbocycles. The van der Waals surface area contributed by atoms with Crippen LogP contribution < -0.4 is 22.1 Å². The van der Waals surface area contributed by atoms with Gasteiger partial charge in [0.05, 0.1) is 5.66 Å². The normalized spacial score (nSPS) is 15.3. The Morgan fingerprint density at radius 1 is 0.850 bits per heavy atom. The van der Waals surface area contributed by atoms with E-state index in [-0.39, 0.29) is 6.04 Å². The summed E-state index contributed by atoms with van der Waals surface area (Å²) in [5.74, 6) is 0. The van der Waals surface area contributed by atoms with Crippen molar-refractivity contribution in [3.8, 4) is 0 Å². The molecule has 0 fully saturated rings. The molecule has 6 N–H and O–H groups in total. The molecule has 20 heavy (non-hydrogen) atoms. The van der Waals surface area contributed by atoms with Gasteiger partial charge in [-0.15, -0.1) is 0 Å². The lowest BCUT2D eigenvalue weighted by molar-refractivity contribution is 0.270. The number of hydrogen-bond donors (Lipinski definition) is 4. The van der Waals surface area contributed by atoms with Crippen LogP contribution in [-0.2, 0) is 0 Å². The summed E-state index contributed by atoms with van der Waals surface area (Å²) < 4.78 is 0. The summed E-state index contributed by atoms with van der Waals surface area (Å²) in [7, 11) is 0. The quantitative estimate of drug-likeness (QED) is 0.310. The maximum Gasteiger partial charge on any atom is 0.0794 e. The Morgan fingerprint density at radius 2 is 1.50 bits per heavy atom. The van der Waals surface area contributed by atoms with E-state index in [4.69, 9.17) is 11.5 Å². The van der Waals surface area contributed by atoms with Crippen LogP contribution in [-0.4, -0.2) is 30.8 Å². The molecule has 0 radical (unpaired) electrons. The zero-order valence-corrected chi connectivity index (χ0v) is 14.2. The predicted octanol–water partition coefficient (Wildman–Crippen LogP) is 2.33. The van der Waals surface area contributed by atoms with Crippen LogP contribution in [0.15, 0.2) is 0 Å². The Labute approximate surface area is 126 Å². The number of rotatable bonds is 13. The van der Waals surface area contributed by atoms with Crippen molar-refractivity contribution in [3.05, 3.63) is 0 Å². The third kappa shape index (κ3) is 8.20. The van der Waals surface area contributed by atoms with E-state index in [1.54, 1.807) is 0 Å².